The summed E-state index contributed by atoms with van der Waals surface area (Å²) in [5.74, 6) is 6.80. The van der Waals surface area contributed by atoms with E-state index in [4.69, 9.17) is 16.3 Å². The number of anilines is 1. The molecule has 10 nitrogen and oxygen atoms in total. The van der Waals surface area contributed by atoms with Gasteiger partial charge in [-0.1, -0.05) is 6.07 Å². The monoisotopic (exact) mass is 503 g/mol. The van der Waals surface area contributed by atoms with Crippen LogP contribution < -0.4 is 16.6 Å². The number of H-pyrrole nitrogens is 1. The van der Waals surface area contributed by atoms with E-state index in [1.807, 2.05) is 11.0 Å². The smallest absolute Gasteiger partial charge is 0.254 e. The number of fused-ring (bicyclic) bond motifs is 1. The highest BCUT2D eigenvalue weighted by Gasteiger charge is 2.23. The molecule has 0 saturated carbocycles. The van der Waals surface area contributed by atoms with Crippen molar-refractivity contribution < 1.29 is 14.3 Å². The molecule has 0 unspecified atom stereocenters. The third-order valence-corrected chi connectivity index (χ3v) is 7.26. The van der Waals surface area contributed by atoms with E-state index in [1.165, 1.54) is 10.6 Å². The molecule has 10 heteroatoms. The zero-order valence-corrected chi connectivity index (χ0v) is 21.0. The van der Waals surface area contributed by atoms with Gasteiger partial charge in [0.15, 0.2) is 0 Å². The Hall–Kier alpha value is -3.89. The predicted molar refractivity (Wildman–Crippen MR) is 142 cm³/mol. The van der Waals surface area contributed by atoms with E-state index in [-0.39, 0.29) is 11.8 Å². The molecule has 5 rings (SSSR count). The highest BCUT2D eigenvalue weighted by atomic mass is 16.5. The lowest BCUT2D eigenvalue weighted by Crippen LogP contribution is -2.40. The number of aromatic amines is 1. The first-order valence-corrected chi connectivity index (χ1v) is 12.6. The van der Waals surface area contributed by atoms with Gasteiger partial charge in [-0.15, -0.1) is 0 Å². The SMILES string of the molecule is CC(=O)N1CCC(c2ccc3[nH]nc(/C(N)=C/N(N)c4ccc(C(=O)N5CCOCC5)cc4)c3c2)CC1. The Morgan fingerprint density at radius 2 is 1.76 bits per heavy atom. The molecule has 194 valence electrons. The summed E-state index contributed by atoms with van der Waals surface area (Å²) < 4.78 is 5.32. The summed E-state index contributed by atoms with van der Waals surface area (Å²) in [4.78, 5) is 28.0. The number of hydrogen-bond donors (Lipinski definition) is 3. The third kappa shape index (κ3) is 5.30. The van der Waals surface area contributed by atoms with E-state index in [1.54, 1.807) is 42.3 Å². The van der Waals surface area contributed by atoms with Crippen LogP contribution in [0.3, 0.4) is 0 Å². The van der Waals surface area contributed by atoms with Crippen LogP contribution in [0.25, 0.3) is 16.6 Å². The van der Waals surface area contributed by atoms with Crippen molar-refractivity contribution in [1.82, 2.24) is 20.0 Å². The molecule has 1 aromatic heterocycles. The average Bonchev–Trinajstić information content (AvgIpc) is 3.37. The number of ether oxygens (including phenoxy) is 1. The second-order valence-corrected chi connectivity index (χ2v) is 9.60. The predicted octanol–water partition coefficient (Wildman–Crippen LogP) is 2.40. The quantitative estimate of drug-likeness (QED) is 0.360. The van der Waals surface area contributed by atoms with Crippen LogP contribution >= 0.6 is 0 Å². The number of carbonyl (C=O) groups excluding carboxylic acids is 2. The molecule has 3 heterocycles. The van der Waals surface area contributed by atoms with Gasteiger partial charge in [-0.05, 0) is 60.7 Å². The first kappa shape index (κ1) is 24.8. The van der Waals surface area contributed by atoms with Gasteiger partial charge >= 0.3 is 0 Å². The fourth-order valence-electron chi connectivity index (χ4n) is 5.04. The molecule has 2 saturated heterocycles. The lowest BCUT2D eigenvalue weighted by atomic mass is 9.88. The van der Waals surface area contributed by atoms with Gasteiger partial charge in [0.05, 0.1) is 30.1 Å². The van der Waals surface area contributed by atoms with Crippen LogP contribution in [-0.2, 0) is 9.53 Å². The Morgan fingerprint density at radius 3 is 2.43 bits per heavy atom. The number of nitrogens with two attached hydrogens (primary N) is 2. The molecule has 2 amide bonds. The maximum absolute atomic E-state index is 12.7. The van der Waals surface area contributed by atoms with Crippen LogP contribution in [0, 0.1) is 0 Å². The van der Waals surface area contributed by atoms with Crippen molar-refractivity contribution in [3.05, 3.63) is 65.5 Å². The van der Waals surface area contributed by atoms with Gasteiger partial charge in [0.1, 0.15) is 5.69 Å². The maximum Gasteiger partial charge on any atom is 0.254 e. The van der Waals surface area contributed by atoms with E-state index < -0.39 is 0 Å². The van der Waals surface area contributed by atoms with Crippen LogP contribution in [0.1, 0.15) is 47.3 Å². The minimum absolute atomic E-state index is 0.0146. The number of hydrazine groups is 1. The summed E-state index contributed by atoms with van der Waals surface area (Å²) in [6.45, 7) is 5.49. The second-order valence-electron chi connectivity index (χ2n) is 9.60. The van der Waals surface area contributed by atoms with Gasteiger partial charge in [-0.25, -0.2) is 5.84 Å². The standard InChI is InChI=1S/C27H33N7O3/c1-18(35)32-10-8-19(9-11-32)21-4-7-25-23(16-21)26(31-30-25)24(28)17-34(29)22-5-2-20(3-6-22)27(36)33-12-14-37-15-13-33/h2-7,16-17,19H,8-15,28-29H2,1H3,(H,30,31)/b24-17-. The molecule has 2 fully saturated rings. The first-order valence-electron chi connectivity index (χ1n) is 12.6. The van der Waals surface area contributed by atoms with Crippen molar-refractivity contribution in [2.24, 2.45) is 11.6 Å². The summed E-state index contributed by atoms with van der Waals surface area (Å²) in [5, 5.41) is 9.85. The molecule has 0 radical (unpaired) electrons. The van der Waals surface area contributed by atoms with E-state index in [0.717, 1.165) is 36.8 Å². The number of likely N-dealkylation sites (tertiary alicyclic amines) is 1. The Bertz CT molecular complexity index is 1300. The number of nitrogens with one attached hydrogen (secondary N) is 1. The number of benzene rings is 2. The topological polar surface area (TPSA) is 134 Å². The first-order chi connectivity index (χ1) is 17.9. The van der Waals surface area contributed by atoms with Crippen LogP contribution in [0.2, 0.25) is 0 Å². The molecule has 2 aromatic carbocycles. The number of carbonyl (C=O) groups is 2. The summed E-state index contributed by atoms with van der Waals surface area (Å²) in [6.07, 6.45) is 3.50. The number of nitrogens with zero attached hydrogens (tertiary/aromatic N) is 4. The molecule has 3 aromatic rings. The van der Waals surface area contributed by atoms with Crippen molar-refractivity contribution in [1.29, 1.82) is 0 Å². The van der Waals surface area contributed by atoms with E-state index >= 15 is 0 Å². The van der Waals surface area contributed by atoms with Crippen LogP contribution in [0.4, 0.5) is 5.69 Å². The molecule has 2 aliphatic heterocycles. The molecular formula is C27H33N7O3. The van der Waals surface area contributed by atoms with Crippen molar-refractivity contribution >= 4 is 34.1 Å². The lowest BCUT2D eigenvalue weighted by Gasteiger charge is -2.31. The minimum atomic E-state index is -0.0146. The molecule has 0 bridgehead atoms. The van der Waals surface area contributed by atoms with Gasteiger partial charge in [0.25, 0.3) is 5.91 Å². The van der Waals surface area contributed by atoms with Gasteiger partial charge in [-0.2, -0.15) is 5.10 Å². The minimum Gasteiger partial charge on any atom is -0.396 e. The highest BCUT2D eigenvalue weighted by molar-refractivity contribution is 5.95. The molecule has 0 aliphatic carbocycles. The largest absolute Gasteiger partial charge is 0.396 e. The maximum atomic E-state index is 12.7. The van der Waals surface area contributed by atoms with Gasteiger partial charge in [-0.3, -0.25) is 19.7 Å². The molecule has 0 atom stereocenters. The van der Waals surface area contributed by atoms with Crippen LogP contribution in [0.5, 0.6) is 0 Å². The van der Waals surface area contributed by atoms with Crippen molar-refractivity contribution in [2.75, 3.05) is 44.4 Å². The van der Waals surface area contributed by atoms with E-state index in [9.17, 15) is 9.59 Å². The number of aromatic nitrogens is 2. The summed E-state index contributed by atoms with van der Waals surface area (Å²) in [5.41, 5.74) is 10.9. The fourth-order valence-corrected chi connectivity index (χ4v) is 5.04. The number of morpholine rings is 1. The summed E-state index contributed by atoms with van der Waals surface area (Å²) in [6, 6.07) is 13.4. The Labute approximate surface area is 215 Å². The fraction of sp³-hybridized carbons (Fsp3) is 0.370. The van der Waals surface area contributed by atoms with Crippen LogP contribution in [0.15, 0.2) is 48.7 Å². The molecule has 0 spiro atoms. The zero-order valence-electron chi connectivity index (χ0n) is 21.0. The van der Waals surface area contributed by atoms with Gasteiger partial charge < -0.3 is 20.3 Å². The van der Waals surface area contributed by atoms with E-state index in [0.29, 0.717) is 54.9 Å². The van der Waals surface area contributed by atoms with Gasteiger partial charge in [0, 0.05) is 50.3 Å². The number of amides is 2. The normalized spacial score (nSPS) is 17.3. The Kier molecular flexibility index (Phi) is 7.11. The Balaban J connectivity index is 1.31. The zero-order chi connectivity index (χ0) is 25.9. The van der Waals surface area contributed by atoms with Crippen molar-refractivity contribution in [2.45, 2.75) is 25.7 Å². The average molecular weight is 504 g/mol. The van der Waals surface area contributed by atoms with Gasteiger partial charge in [0.2, 0.25) is 5.91 Å². The molecular weight excluding hydrogens is 470 g/mol. The second kappa shape index (κ2) is 10.6. The number of hydrogen-bond acceptors (Lipinski definition) is 7. The van der Waals surface area contributed by atoms with E-state index in [2.05, 4.69) is 22.3 Å². The third-order valence-electron chi connectivity index (χ3n) is 7.26. The molecule has 5 N–H and O–H groups in total. The molecule has 2 aliphatic rings. The van der Waals surface area contributed by atoms with Crippen LogP contribution in [-0.4, -0.2) is 71.2 Å². The van der Waals surface area contributed by atoms with Crippen molar-refractivity contribution in [3.8, 4) is 0 Å². The number of rotatable bonds is 5. The Morgan fingerprint density at radius 1 is 1.05 bits per heavy atom. The highest BCUT2D eigenvalue weighted by Crippen LogP contribution is 2.31. The summed E-state index contributed by atoms with van der Waals surface area (Å²) >= 11 is 0. The lowest BCUT2D eigenvalue weighted by molar-refractivity contribution is -0.129. The summed E-state index contributed by atoms with van der Waals surface area (Å²) in [7, 11) is 0. The molecule has 37 heavy (non-hydrogen) atoms. The van der Waals surface area contributed by atoms with Crippen molar-refractivity contribution in [3.63, 3.8) is 0 Å². The number of piperidine rings is 1.